The molecule has 1 aliphatic rings. The maximum atomic E-state index is 11.4. The third kappa shape index (κ3) is 5.41. The van der Waals surface area contributed by atoms with Crippen molar-refractivity contribution in [3.63, 3.8) is 0 Å². The van der Waals surface area contributed by atoms with Gasteiger partial charge in [-0.3, -0.25) is 0 Å². The predicted molar refractivity (Wildman–Crippen MR) is 126 cm³/mol. The summed E-state index contributed by atoms with van der Waals surface area (Å²) in [4.78, 5) is 23.6. The summed E-state index contributed by atoms with van der Waals surface area (Å²) >= 11 is 0. The standard InChI is InChI=1S/C22H28N6O4S/c1-26(14-17-7-10-27(11-8-17)22(29)30)20-19-13-25-28(21(19)24-15-23-20)18-5-3-16(4-6-18)9-12-33(2,31)32/h3-6,13,15,17H,7-12,14H2,1-2H3,(H,29,30). The number of hydrogen-bond donors (Lipinski definition) is 1. The van der Waals surface area contributed by atoms with Gasteiger partial charge in [0.2, 0.25) is 0 Å². The van der Waals surface area contributed by atoms with E-state index in [0.717, 1.165) is 41.8 Å². The number of carbonyl (C=O) groups is 1. The van der Waals surface area contributed by atoms with Crippen molar-refractivity contribution in [3.8, 4) is 5.69 Å². The number of benzene rings is 1. The zero-order valence-corrected chi connectivity index (χ0v) is 19.6. The molecule has 1 fully saturated rings. The molecule has 11 heteroatoms. The number of aryl methyl sites for hydroxylation is 1. The zero-order chi connectivity index (χ0) is 23.6. The fourth-order valence-corrected chi connectivity index (χ4v) is 4.82. The Bertz CT molecular complexity index is 1230. The molecular weight excluding hydrogens is 444 g/mol. The van der Waals surface area contributed by atoms with Crippen LogP contribution in [-0.4, -0.2) is 83.0 Å². The van der Waals surface area contributed by atoms with Crippen molar-refractivity contribution in [2.45, 2.75) is 19.3 Å². The van der Waals surface area contributed by atoms with Gasteiger partial charge in [-0.15, -0.1) is 0 Å². The highest BCUT2D eigenvalue weighted by Gasteiger charge is 2.24. The number of carboxylic acid groups (broad SMARTS) is 1. The largest absolute Gasteiger partial charge is 0.465 e. The average molecular weight is 473 g/mol. The van der Waals surface area contributed by atoms with E-state index in [1.165, 1.54) is 17.5 Å². The molecule has 4 rings (SSSR count). The molecule has 1 aliphatic heterocycles. The Morgan fingerprint density at radius 2 is 1.88 bits per heavy atom. The Kier molecular flexibility index (Phi) is 6.50. The van der Waals surface area contributed by atoms with E-state index < -0.39 is 15.9 Å². The molecule has 0 spiro atoms. The molecule has 3 heterocycles. The van der Waals surface area contributed by atoms with Crippen LogP contribution in [0.2, 0.25) is 0 Å². The fourth-order valence-electron chi connectivity index (χ4n) is 4.21. The van der Waals surface area contributed by atoms with Crippen LogP contribution in [0.5, 0.6) is 0 Å². The number of amides is 1. The van der Waals surface area contributed by atoms with E-state index in [-0.39, 0.29) is 5.75 Å². The molecule has 1 amide bonds. The van der Waals surface area contributed by atoms with Gasteiger partial charge in [0.15, 0.2) is 5.65 Å². The molecule has 1 saturated heterocycles. The summed E-state index contributed by atoms with van der Waals surface area (Å²) in [6.45, 7) is 1.90. The van der Waals surface area contributed by atoms with Gasteiger partial charge in [0.1, 0.15) is 22.0 Å². The van der Waals surface area contributed by atoms with Crippen LogP contribution in [-0.2, 0) is 16.3 Å². The van der Waals surface area contributed by atoms with Gasteiger partial charge in [0.25, 0.3) is 0 Å². The summed E-state index contributed by atoms with van der Waals surface area (Å²) in [5.74, 6) is 1.30. The van der Waals surface area contributed by atoms with Crippen molar-refractivity contribution < 1.29 is 18.3 Å². The lowest BCUT2D eigenvalue weighted by molar-refractivity contribution is 0.125. The molecule has 0 bridgehead atoms. The van der Waals surface area contributed by atoms with Gasteiger partial charge in [-0.1, -0.05) is 12.1 Å². The molecule has 10 nitrogen and oxygen atoms in total. The van der Waals surface area contributed by atoms with E-state index in [2.05, 4.69) is 20.0 Å². The van der Waals surface area contributed by atoms with Crippen molar-refractivity contribution in [1.82, 2.24) is 24.6 Å². The second-order valence-electron chi connectivity index (χ2n) is 8.63. The van der Waals surface area contributed by atoms with Crippen molar-refractivity contribution in [2.75, 3.05) is 43.6 Å². The first kappa shape index (κ1) is 23.0. The summed E-state index contributed by atoms with van der Waals surface area (Å²) in [6.07, 6.45) is 5.80. The Morgan fingerprint density at radius 1 is 1.18 bits per heavy atom. The van der Waals surface area contributed by atoms with E-state index in [1.54, 1.807) is 10.9 Å². The van der Waals surface area contributed by atoms with Crippen LogP contribution in [0.3, 0.4) is 0 Å². The summed E-state index contributed by atoms with van der Waals surface area (Å²) in [7, 11) is -1.02. The number of sulfone groups is 1. The number of piperidine rings is 1. The van der Waals surface area contributed by atoms with Gasteiger partial charge in [0.05, 0.1) is 23.0 Å². The van der Waals surface area contributed by atoms with Crippen LogP contribution >= 0.6 is 0 Å². The van der Waals surface area contributed by atoms with E-state index >= 15 is 0 Å². The molecule has 0 atom stereocenters. The predicted octanol–water partition coefficient (Wildman–Crippen LogP) is 2.23. The zero-order valence-electron chi connectivity index (χ0n) is 18.8. The highest BCUT2D eigenvalue weighted by atomic mass is 32.2. The van der Waals surface area contributed by atoms with Gasteiger partial charge in [-0.05, 0) is 42.9 Å². The first-order valence-corrected chi connectivity index (χ1v) is 12.9. The number of hydrogen-bond acceptors (Lipinski definition) is 7. The normalized spacial score (nSPS) is 15.2. The quantitative estimate of drug-likeness (QED) is 0.556. The molecule has 176 valence electrons. The summed E-state index contributed by atoms with van der Waals surface area (Å²) in [6, 6.07) is 7.63. The molecule has 1 N–H and O–H groups in total. The molecule has 0 radical (unpaired) electrons. The van der Waals surface area contributed by atoms with Crippen molar-refractivity contribution in [3.05, 3.63) is 42.4 Å². The smallest absolute Gasteiger partial charge is 0.407 e. The molecule has 1 aromatic carbocycles. The minimum absolute atomic E-state index is 0.120. The first-order chi connectivity index (χ1) is 15.7. The van der Waals surface area contributed by atoms with Crippen LogP contribution in [0.25, 0.3) is 16.7 Å². The SMILES string of the molecule is CN(CC1CCN(C(=O)O)CC1)c1ncnc2c1cnn2-c1ccc(CCS(C)(=O)=O)cc1. The lowest BCUT2D eigenvalue weighted by atomic mass is 9.96. The molecule has 0 saturated carbocycles. The lowest BCUT2D eigenvalue weighted by Crippen LogP contribution is -2.40. The molecule has 2 aromatic heterocycles. The molecule has 33 heavy (non-hydrogen) atoms. The van der Waals surface area contributed by atoms with Gasteiger partial charge in [0, 0.05) is 32.9 Å². The molecular formula is C22H28N6O4S. The fraction of sp³-hybridized carbons (Fsp3) is 0.455. The number of anilines is 1. The average Bonchev–Trinajstić information content (AvgIpc) is 3.22. The summed E-state index contributed by atoms with van der Waals surface area (Å²) < 4.78 is 24.6. The maximum Gasteiger partial charge on any atom is 0.407 e. The summed E-state index contributed by atoms with van der Waals surface area (Å²) in [5, 5.41) is 14.5. The van der Waals surface area contributed by atoms with E-state index in [0.29, 0.717) is 31.1 Å². The van der Waals surface area contributed by atoms with Gasteiger partial charge in [-0.2, -0.15) is 5.10 Å². The maximum absolute atomic E-state index is 11.4. The van der Waals surface area contributed by atoms with Crippen molar-refractivity contribution in [2.24, 2.45) is 5.92 Å². The monoisotopic (exact) mass is 472 g/mol. The van der Waals surface area contributed by atoms with Crippen LogP contribution in [0.15, 0.2) is 36.8 Å². The second-order valence-corrected chi connectivity index (χ2v) is 10.9. The van der Waals surface area contributed by atoms with Crippen LogP contribution in [0, 0.1) is 5.92 Å². The Balaban J connectivity index is 1.49. The third-order valence-corrected chi connectivity index (χ3v) is 7.01. The number of nitrogens with zero attached hydrogens (tertiary/aromatic N) is 6. The number of likely N-dealkylation sites (tertiary alicyclic amines) is 1. The first-order valence-electron chi connectivity index (χ1n) is 10.9. The van der Waals surface area contributed by atoms with Crippen molar-refractivity contribution in [1.29, 1.82) is 0 Å². The highest BCUT2D eigenvalue weighted by Crippen LogP contribution is 2.26. The number of aromatic nitrogens is 4. The summed E-state index contributed by atoms with van der Waals surface area (Å²) in [5.41, 5.74) is 2.47. The second kappa shape index (κ2) is 9.34. The molecule has 0 unspecified atom stereocenters. The highest BCUT2D eigenvalue weighted by molar-refractivity contribution is 7.90. The van der Waals surface area contributed by atoms with Crippen LogP contribution in [0.4, 0.5) is 10.6 Å². The van der Waals surface area contributed by atoms with E-state index in [9.17, 15) is 13.2 Å². The lowest BCUT2D eigenvalue weighted by Gasteiger charge is -2.32. The number of rotatable bonds is 7. The van der Waals surface area contributed by atoms with Crippen LogP contribution < -0.4 is 4.90 Å². The third-order valence-electron chi connectivity index (χ3n) is 6.07. The topological polar surface area (TPSA) is 122 Å². The van der Waals surface area contributed by atoms with E-state index in [1.807, 2.05) is 31.3 Å². The Hall–Kier alpha value is -3.21. The molecule has 0 aliphatic carbocycles. The van der Waals surface area contributed by atoms with Crippen molar-refractivity contribution >= 4 is 32.8 Å². The Labute approximate surface area is 192 Å². The molecule has 3 aromatic rings. The van der Waals surface area contributed by atoms with E-state index in [4.69, 9.17) is 5.11 Å². The van der Waals surface area contributed by atoms with Gasteiger partial charge >= 0.3 is 6.09 Å². The number of fused-ring (bicyclic) bond motifs is 1. The van der Waals surface area contributed by atoms with Gasteiger partial charge in [-0.25, -0.2) is 27.9 Å². The Morgan fingerprint density at radius 3 is 2.52 bits per heavy atom. The minimum Gasteiger partial charge on any atom is -0.465 e. The van der Waals surface area contributed by atoms with Crippen LogP contribution in [0.1, 0.15) is 18.4 Å². The minimum atomic E-state index is -3.00. The van der Waals surface area contributed by atoms with Gasteiger partial charge < -0.3 is 14.9 Å².